The second-order valence-electron chi connectivity index (χ2n) is 4.94. The third-order valence-electron chi connectivity index (χ3n) is 3.99. The van der Waals surface area contributed by atoms with Crippen LogP contribution in [0, 0.1) is 5.41 Å². The summed E-state index contributed by atoms with van der Waals surface area (Å²) in [6, 6.07) is 3.91. The van der Waals surface area contributed by atoms with E-state index >= 15 is 0 Å². The Kier molecular flexibility index (Phi) is 2.60. The minimum absolute atomic E-state index is 0.116. The van der Waals surface area contributed by atoms with Crippen LogP contribution < -0.4 is 19.9 Å². The summed E-state index contributed by atoms with van der Waals surface area (Å²) in [5.74, 6) is 2.32. The topological polar surface area (TPSA) is 73.9 Å². The van der Waals surface area contributed by atoms with Crippen molar-refractivity contribution in [2.75, 3.05) is 27.1 Å². The summed E-state index contributed by atoms with van der Waals surface area (Å²) >= 11 is 0. The summed E-state index contributed by atoms with van der Waals surface area (Å²) in [6.07, 6.45) is 0.906. The monoisotopic (exact) mass is 251 g/mol. The minimum atomic E-state index is -0.168. The van der Waals surface area contributed by atoms with Gasteiger partial charge in [0.05, 0.1) is 13.7 Å². The van der Waals surface area contributed by atoms with E-state index in [0.29, 0.717) is 23.8 Å². The number of hydrogen-bond acceptors (Lipinski definition) is 5. The highest BCUT2D eigenvalue weighted by atomic mass is 16.7. The van der Waals surface area contributed by atoms with Crippen LogP contribution in [-0.4, -0.2) is 32.2 Å². The Morgan fingerprint density at radius 3 is 2.94 bits per heavy atom. The molecule has 0 saturated heterocycles. The Bertz CT molecular complexity index is 470. The predicted molar refractivity (Wildman–Crippen MR) is 65.0 cm³/mol. The van der Waals surface area contributed by atoms with E-state index in [1.54, 1.807) is 7.11 Å². The summed E-state index contributed by atoms with van der Waals surface area (Å²) in [4.78, 5) is 0. The number of aliphatic hydroxyl groups excluding tert-OH is 1. The van der Waals surface area contributed by atoms with Crippen molar-refractivity contribution in [3.8, 4) is 17.2 Å². The van der Waals surface area contributed by atoms with Gasteiger partial charge in [-0.15, -0.1) is 0 Å². The number of rotatable bonds is 4. The van der Waals surface area contributed by atoms with E-state index in [4.69, 9.17) is 19.9 Å². The summed E-state index contributed by atoms with van der Waals surface area (Å²) in [7, 11) is 1.61. The van der Waals surface area contributed by atoms with Crippen LogP contribution in [0.4, 0.5) is 0 Å². The first-order valence-corrected chi connectivity index (χ1v) is 6.02. The molecule has 1 aromatic rings. The van der Waals surface area contributed by atoms with Crippen molar-refractivity contribution in [3.63, 3.8) is 0 Å². The molecule has 5 heteroatoms. The highest BCUT2D eigenvalue weighted by Crippen LogP contribution is 2.60. The van der Waals surface area contributed by atoms with E-state index < -0.39 is 0 Å². The van der Waals surface area contributed by atoms with E-state index in [1.807, 2.05) is 12.1 Å². The van der Waals surface area contributed by atoms with Crippen LogP contribution in [0.3, 0.4) is 0 Å². The summed E-state index contributed by atoms with van der Waals surface area (Å²) in [6.45, 7) is 0.831. The first-order valence-electron chi connectivity index (χ1n) is 6.02. The molecule has 0 spiro atoms. The third kappa shape index (κ3) is 1.54. The highest BCUT2D eigenvalue weighted by Gasteiger charge is 2.53. The SMILES string of the molecule is COc1cc(C2CC2(CN)CO)cc2c1OCO2. The normalized spacial score (nSPS) is 28.3. The number of ether oxygens (including phenoxy) is 3. The minimum Gasteiger partial charge on any atom is -0.493 e. The summed E-state index contributed by atoms with van der Waals surface area (Å²) < 4.78 is 16.1. The fourth-order valence-electron chi connectivity index (χ4n) is 2.63. The molecule has 0 amide bonds. The maximum absolute atomic E-state index is 9.44. The van der Waals surface area contributed by atoms with Crippen molar-refractivity contribution in [2.45, 2.75) is 12.3 Å². The van der Waals surface area contributed by atoms with Crippen LogP contribution in [0.5, 0.6) is 17.2 Å². The van der Waals surface area contributed by atoms with E-state index in [-0.39, 0.29) is 24.7 Å². The fraction of sp³-hybridized carbons (Fsp3) is 0.538. The molecule has 3 N–H and O–H groups in total. The van der Waals surface area contributed by atoms with Crippen molar-refractivity contribution >= 4 is 0 Å². The zero-order chi connectivity index (χ0) is 12.8. The Hall–Kier alpha value is -1.46. The van der Waals surface area contributed by atoms with Gasteiger partial charge in [-0.2, -0.15) is 0 Å². The van der Waals surface area contributed by atoms with E-state index in [2.05, 4.69) is 0 Å². The number of fused-ring (bicyclic) bond motifs is 1. The molecule has 0 bridgehead atoms. The maximum atomic E-state index is 9.44. The van der Waals surface area contributed by atoms with Crippen LogP contribution in [0.15, 0.2) is 12.1 Å². The molecule has 2 unspecified atom stereocenters. The van der Waals surface area contributed by atoms with Crippen LogP contribution in [0.2, 0.25) is 0 Å². The van der Waals surface area contributed by atoms with Crippen LogP contribution in [0.25, 0.3) is 0 Å². The van der Waals surface area contributed by atoms with Crippen molar-refractivity contribution in [3.05, 3.63) is 17.7 Å². The quantitative estimate of drug-likeness (QED) is 0.829. The lowest BCUT2D eigenvalue weighted by Gasteiger charge is -2.13. The molecule has 18 heavy (non-hydrogen) atoms. The number of nitrogens with two attached hydrogens (primary N) is 1. The van der Waals surface area contributed by atoms with Crippen molar-refractivity contribution in [1.29, 1.82) is 0 Å². The van der Waals surface area contributed by atoms with Gasteiger partial charge in [0, 0.05) is 12.0 Å². The molecule has 3 rings (SSSR count). The van der Waals surface area contributed by atoms with E-state index in [9.17, 15) is 5.11 Å². The van der Waals surface area contributed by atoms with Crippen molar-refractivity contribution in [2.24, 2.45) is 11.1 Å². The molecule has 1 aliphatic carbocycles. The second-order valence-corrected chi connectivity index (χ2v) is 4.94. The largest absolute Gasteiger partial charge is 0.493 e. The highest BCUT2D eigenvalue weighted by molar-refractivity contribution is 5.56. The van der Waals surface area contributed by atoms with Gasteiger partial charge in [-0.1, -0.05) is 0 Å². The number of benzene rings is 1. The van der Waals surface area contributed by atoms with Gasteiger partial charge < -0.3 is 25.1 Å². The number of methoxy groups -OCH3 is 1. The first-order chi connectivity index (χ1) is 8.74. The number of aliphatic hydroxyl groups is 1. The molecule has 1 aliphatic heterocycles. The van der Waals surface area contributed by atoms with Crippen molar-refractivity contribution in [1.82, 2.24) is 0 Å². The molecule has 98 valence electrons. The van der Waals surface area contributed by atoms with Crippen LogP contribution in [-0.2, 0) is 0 Å². The Morgan fingerprint density at radius 2 is 2.33 bits per heavy atom. The average Bonchev–Trinajstić information content (AvgIpc) is 2.97. The van der Waals surface area contributed by atoms with Gasteiger partial charge in [0.15, 0.2) is 11.5 Å². The molecule has 0 aromatic heterocycles. The van der Waals surface area contributed by atoms with Crippen LogP contribution in [0.1, 0.15) is 17.9 Å². The van der Waals surface area contributed by atoms with Crippen LogP contribution >= 0.6 is 0 Å². The maximum Gasteiger partial charge on any atom is 0.231 e. The molecule has 1 aromatic carbocycles. The van der Waals surface area contributed by atoms with Gasteiger partial charge in [0.1, 0.15) is 0 Å². The second kappa shape index (κ2) is 4.03. The molecule has 5 nitrogen and oxygen atoms in total. The van der Waals surface area contributed by atoms with Gasteiger partial charge in [0.2, 0.25) is 12.5 Å². The lowest BCUT2D eigenvalue weighted by molar-refractivity contribution is 0.171. The van der Waals surface area contributed by atoms with E-state index in [0.717, 1.165) is 12.0 Å². The molecular weight excluding hydrogens is 234 g/mol. The summed E-state index contributed by atoms with van der Waals surface area (Å²) in [5.41, 5.74) is 6.67. The molecule has 2 atom stereocenters. The molecule has 1 heterocycles. The van der Waals surface area contributed by atoms with Gasteiger partial charge in [0.25, 0.3) is 0 Å². The lowest BCUT2D eigenvalue weighted by Crippen LogP contribution is -2.21. The molecule has 0 radical (unpaired) electrons. The van der Waals surface area contributed by atoms with Gasteiger partial charge in [-0.05, 0) is 30.0 Å². The zero-order valence-corrected chi connectivity index (χ0v) is 10.3. The third-order valence-corrected chi connectivity index (χ3v) is 3.99. The van der Waals surface area contributed by atoms with E-state index in [1.165, 1.54) is 0 Å². The van der Waals surface area contributed by atoms with Gasteiger partial charge in [-0.25, -0.2) is 0 Å². The molecule has 2 aliphatic rings. The Morgan fingerprint density at radius 1 is 1.50 bits per heavy atom. The summed E-state index contributed by atoms with van der Waals surface area (Å²) in [5, 5.41) is 9.44. The molecular formula is C13H17NO4. The smallest absolute Gasteiger partial charge is 0.231 e. The van der Waals surface area contributed by atoms with Gasteiger partial charge in [-0.3, -0.25) is 0 Å². The fourth-order valence-corrected chi connectivity index (χ4v) is 2.63. The number of hydrogen-bond donors (Lipinski definition) is 2. The lowest BCUT2D eigenvalue weighted by atomic mass is 9.99. The Balaban J connectivity index is 1.95. The predicted octanol–water partition coefficient (Wildman–Crippen LogP) is 0.849. The first kappa shape index (κ1) is 11.6. The van der Waals surface area contributed by atoms with Crippen molar-refractivity contribution < 1.29 is 19.3 Å². The molecule has 1 fully saturated rings. The van der Waals surface area contributed by atoms with Gasteiger partial charge >= 0.3 is 0 Å². The average molecular weight is 251 g/mol. The molecule has 1 saturated carbocycles. The zero-order valence-electron chi connectivity index (χ0n) is 10.3. The standard InChI is InChI=1S/C13H17NO4/c1-16-10-2-8(3-11-12(10)18-7-17-11)9-4-13(9,5-14)6-15/h2-3,9,15H,4-7,14H2,1H3. The Labute approximate surface area is 105 Å².